The molecule has 22 heavy (non-hydrogen) atoms. The van der Waals surface area contributed by atoms with Crippen LogP contribution in [0.25, 0.3) is 0 Å². The van der Waals surface area contributed by atoms with Gasteiger partial charge in [0.2, 0.25) is 5.91 Å². The van der Waals surface area contributed by atoms with E-state index in [0.717, 1.165) is 11.1 Å². The highest BCUT2D eigenvalue weighted by molar-refractivity contribution is 5.92. The van der Waals surface area contributed by atoms with E-state index >= 15 is 0 Å². The zero-order valence-electron chi connectivity index (χ0n) is 12.3. The van der Waals surface area contributed by atoms with Gasteiger partial charge in [0.1, 0.15) is 5.75 Å². The number of rotatable bonds is 6. The average molecular weight is 298 g/mol. The zero-order chi connectivity index (χ0) is 15.9. The van der Waals surface area contributed by atoms with Crippen molar-refractivity contribution in [1.29, 1.82) is 0 Å². The number of amides is 2. The van der Waals surface area contributed by atoms with E-state index in [1.54, 1.807) is 24.3 Å². The maximum atomic E-state index is 11.7. The van der Waals surface area contributed by atoms with E-state index in [-0.39, 0.29) is 12.5 Å². The molecule has 0 aromatic heterocycles. The topological polar surface area (TPSA) is 81.4 Å². The summed E-state index contributed by atoms with van der Waals surface area (Å²) in [5.74, 6) is -0.0202. The van der Waals surface area contributed by atoms with Crippen LogP contribution in [0.5, 0.6) is 5.75 Å². The summed E-state index contributed by atoms with van der Waals surface area (Å²) in [7, 11) is 0. The van der Waals surface area contributed by atoms with Crippen molar-refractivity contribution in [3.63, 3.8) is 0 Å². The summed E-state index contributed by atoms with van der Waals surface area (Å²) >= 11 is 0. The predicted molar refractivity (Wildman–Crippen MR) is 83.5 cm³/mol. The fourth-order valence-electron chi connectivity index (χ4n) is 1.82. The van der Waals surface area contributed by atoms with Crippen LogP contribution in [0.1, 0.15) is 21.5 Å². The van der Waals surface area contributed by atoms with Crippen molar-refractivity contribution < 1.29 is 14.3 Å². The fourth-order valence-corrected chi connectivity index (χ4v) is 1.82. The number of primary amides is 1. The third-order valence-electron chi connectivity index (χ3n) is 3.12. The molecule has 0 atom stereocenters. The van der Waals surface area contributed by atoms with E-state index < -0.39 is 5.91 Å². The van der Waals surface area contributed by atoms with Crippen LogP contribution in [0.15, 0.2) is 48.5 Å². The van der Waals surface area contributed by atoms with Gasteiger partial charge in [0.05, 0.1) is 0 Å². The fraction of sp³-hybridized carbons (Fsp3) is 0.176. The van der Waals surface area contributed by atoms with Gasteiger partial charge in [-0.25, -0.2) is 0 Å². The third-order valence-corrected chi connectivity index (χ3v) is 3.12. The number of nitrogens with one attached hydrogen (secondary N) is 1. The lowest BCUT2D eigenvalue weighted by Crippen LogP contribution is -2.28. The van der Waals surface area contributed by atoms with Gasteiger partial charge in [-0.1, -0.05) is 29.8 Å². The van der Waals surface area contributed by atoms with Gasteiger partial charge in [0, 0.05) is 12.1 Å². The Labute approximate surface area is 129 Å². The molecule has 114 valence electrons. The molecule has 2 aromatic rings. The molecule has 0 aliphatic carbocycles. The van der Waals surface area contributed by atoms with Crippen LogP contribution in [0, 0.1) is 6.92 Å². The molecule has 2 rings (SSSR count). The largest absolute Gasteiger partial charge is 0.484 e. The van der Waals surface area contributed by atoms with Crippen LogP contribution in [0.3, 0.4) is 0 Å². The van der Waals surface area contributed by atoms with Crippen LogP contribution in [-0.2, 0) is 11.3 Å². The van der Waals surface area contributed by atoms with E-state index in [1.165, 1.54) is 0 Å². The first kappa shape index (κ1) is 15.6. The molecule has 2 aromatic carbocycles. The Morgan fingerprint density at radius 3 is 2.27 bits per heavy atom. The van der Waals surface area contributed by atoms with Gasteiger partial charge in [-0.3, -0.25) is 9.59 Å². The van der Waals surface area contributed by atoms with E-state index in [1.807, 2.05) is 31.2 Å². The summed E-state index contributed by atoms with van der Waals surface area (Å²) in [5, 5.41) is 2.75. The zero-order valence-corrected chi connectivity index (χ0v) is 12.3. The molecule has 5 heteroatoms. The first-order valence-corrected chi connectivity index (χ1v) is 6.89. The third kappa shape index (κ3) is 4.63. The van der Waals surface area contributed by atoms with E-state index in [9.17, 15) is 9.59 Å². The van der Waals surface area contributed by atoms with Gasteiger partial charge in [0.25, 0.3) is 5.91 Å². The van der Waals surface area contributed by atoms with Gasteiger partial charge in [-0.05, 0) is 36.8 Å². The number of carbonyl (C=O) groups is 2. The standard InChI is InChI=1S/C17H18N2O3/c1-12-2-8-15(9-3-12)22-11-16(20)19-10-13-4-6-14(7-5-13)17(18)21/h2-9H,10-11H2,1H3,(H2,18,21)(H,19,20). The molecule has 0 aliphatic rings. The maximum absolute atomic E-state index is 11.7. The Kier molecular flexibility index (Phi) is 5.14. The molecule has 0 bridgehead atoms. The number of carbonyl (C=O) groups excluding carboxylic acids is 2. The lowest BCUT2D eigenvalue weighted by atomic mass is 10.1. The Hall–Kier alpha value is -2.82. The second-order valence-electron chi connectivity index (χ2n) is 4.94. The number of aryl methyl sites for hydroxylation is 1. The van der Waals surface area contributed by atoms with Crippen molar-refractivity contribution in [2.45, 2.75) is 13.5 Å². The molecule has 0 aliphatic heterocycles. The number of ether oxygens (including phenoxy) is 1. The van der Waals surface area contributed by atoms with Crippen LogP contribution in [-0.4, -0.2) is 18.4 Å². The van der Waals surface area contributed by atoms with Gasteiger partial charge in [-0.2, -0.15) is 0 Å². The molecular formula is C17H18N2O3. The summed E-state index contributed by atoms with van der Waals surface area (Å²) in [5.41, 5.74) is 7.63. The minimum absolute atomic E-state index is 0.0393. The minimum Gasteiger partial charge on any atom is -0.484 e. The Morgan fingerprint density at radius 2 is 1.68 bits per heavy atom. The van der Waals surface area contributed by atoms with Crippen molar-refractivity contribution in [2.24, 2.45) is 5.73 Å². The van der Waals surface area contributed by atoms with Crippen molar-refractivity contribution >= 4 is 11.8 Å². The smallest absolute Gasteiger partial charge is 0.258 e. The Morgan fingerprint density at radius 1 is 1.05 bits per heavy atom. The SMILES string of the molecule is Cc1ccc(OCC(=O)NCc2ccc(C(N)=O)cc2)cc1. The van der Waals surface area contributed by atoms with Crippen LogP contribution in [0.2, 0.25) is 0 Å². The quantitative estimate of drug-likeness (QED) is 0.853. The van der Waals surface area contributed by atoms with Crippen LogP contribution >= 0.6 is 0 Å². The van der Waals surface area contributed by atoms with Crippen LogP contribution in [0.4, 0.5) is 0 Å². The summed E-state index contributed by atoms with van der Waals surface area (Å²) in [4.78, 5) is 22.7. The summed E-state index contributed by atoms with van der Waals surface area (Å²) in [6.45, 7) is 2.32. The monoisotopic (exact) mass is 298 g/mol. The Bertz CT molecular complexity index is 649. The molecular weight excluding hydrogens is 280 g/mol. The summed E-state index contributed by atoms with van der Waals surface area (Å²) in [6.07, 6.45) is 0. The second kappa shape index (κ2) is 7.26. The molecule has 0 radical (unpaired) electrons. The molecule has 5 nitrogen and oxygen atoms in total. The molecule has 0 unspecified atom stereocenters. The Balaban J connectivity index is 1.77. The molecule has 0 heterocycles. The maximum Gasteiger partial charge on any atom is 0.258 e. The van der Waals surface area contributed by atoms with Crippen molar-refractivity contribution in [3.05, 3.63) is 65.2 Å². The van der Waals surface area contributed by atoms with Gasteiger partial charge >= 0.3 is 0 Å². The van der Waals surface area contributed by atoms with Gasteiger partial charge in [0.15, 0.2) is 6.61 Å². The normalized spacial score (nSPS) is 10.0. The molecule has 0 fully saturated rings. The highest BCUT2D eigenvalue weighted by atomic mass is 16.5. The van der Waals surface area contributed by atoms with Crippen molar-refractivity contribution in [1.82, 2.24) is 5.32 Å². The highest BCUT2D eigenvalue weighted by Crippen LogP contribution is 2.11. The van der Waals surface area contributed by atoms with E-state index in [2.05, 4.69) is 5.32 Å². The molecule has 0 saturated heterocycles. The lowest BCUT2D eigenvalue weighted by molar-refractivity contribution is -0.123. The molecule has 0 saturated carbocycles. The second-order valence-corrected chi connectivity index (χ2v) is 4.94. The first-order chi connectivity index (χ1) is 10.5. The number of hydrogen-bond donors (Lipinski definition) is 2. The van der Waals surface area contributed by atoms with Crippen molar-refractivity contribution in [3.8, 4) is 5.75 Å². The average Bonchev–Trinajstić information content (AvgIpc) is 2.52. The van der Waals surface area contributed by atoms with E-state index in [0.29, 0.717) is 17.9 Å². The molecule has 0 spiro atoms. The number of hydrogen-bond acceptors (Lipinski definition) is 3. The number of benzene rings is 2. The lowest BCUT2D eigenvalue weighted by Gasteiger charge is -2.08. The van der Waals surface area contributed by atoms with Gasteiger partial charge < -0.3 is 15.8 Å². The predicted octanol–water partition coefficient (Wildman–Crippen LogP) is 1.79. The highest BCUT2D eigenvalue weighted by Gasteiger charge is 2.04. The minimum atomic E-state index is -0.470. The molecule has 2 amide bonds. The summed E-state index contributed by atoms with van der Waals surface area (Å²) in [6, 6.07) is 14.3. The summed E-state index contributed by atoms with van der Waals surface area (Å²) < 4.78 is 5.39. The first-order valence-electron chi connectivity index (χ1n) is 6.89. The number of nitrogens with two attached hydrogens (primary N) is 1. The van der Waals surface area contributed by atoms with Crippen molar-refractivity contribution in [2.75, 3.05) is 6.61 Å². The van der Waals surface area contributed by atoms with E-state index in [4.69, 9.17) is 10.5 Å². The molecule has 3 N–H and O–H groups in total. The van der Waals surface area contributed by atoms with Crippen LogP contribution < -0.4 is 15.8 Å². The van der Waals surface area contributed by atoms with Gasteiger partial charge in [-0.15, -0.1) is 0 Å².